The van der Waals surface area contributed by atoms with Crippen molar-refractivity contribution in [3.05, 3.63) is 34.9 Å². The van der Waals surface area contributed by atoms with Gasteiger partial charge in [0.05, 0.1) is 0 Å². The molecule has 1 fully saturated rings. The Morgan fingerprint density at radius 2 is 2.07 bits per heavy atom. The maximum absolute atomic E-state index is 9.13. The first-order valence-corrected chi connectivity index (χ1v) is 5.91. The summed E-state index contributed by atoms with van der Waals surface area (Å²) in [4.78, 5) is 0. The predicted octanol–water partition coefficient (Wildman–Crippen LogP) is 3.18. The van der Waals surface area contributed by atoms with Crippen molar-refractivity contribution in [2.75, 3.05) is 6.61 Å². The van der Waals surface area contributed by atoms with E-state index in [2.05, 4.69) is 32.0 Å². The highest BCUT2D eigenvalue weighted by Crippen LogP contribution is 2.45. The molecule has 0 aliphatic heterocycles. The van der Waals surface area contributed by atoms with Crippen molar-refractivity contribution in [2.24, 2.45) is 5.92 Å². The first-order chi connectivity index (χ1) is 7.24. The molecule has 1 atom stereocenters. The van der Waals surface area contributed by atoms with Crippen LogP contribution in [0.3, 0.4) is 0 Å². The van der Waals surface area contributed by atoms with Gasteiger partial charge in [-0.05, 0) is 61.6 Å². The standard InChI is InChI=1S/C14H20O/c1-10-4-3-5-13(11(10)2)14(8-9-15)12-6-7-12/h3-5,12,14-15H,6-9H2,1-2H3. The minimum absolute atomic E-state index is 0.314. The van der Waals surface area contributed by atoms with E-state index >= 15 is 0 Å². The Bertz CT molecular complexity index is 339. The molecule has 1 aromatic rings. The molecule has 15 heavy (non-hydrogen) atoms. The molecular weight excluding hydrogens is 184 g/mol. The fourth-order valence-corrected chi connectivity index (χ4v) is 2.46. The second-order valence-electron chi connectivity index (χ2n) is 4.75. The van der Waals surface area contributed by atoms with Gasteiger partial charge in [-0.1, -0.05) is 18.2 Å². The van der Waals surface area contributed by atoms with E-state index in [1.165, 1.54) is 29.5 Å². The Morgan fingerprint density at radius 3 is 2.67 bits per heavy atom. The largest absolute Gasteiger partial charge is 0.396 e. The summed E-state index contributed by atoms with van der Waals surface area (Å²) < 4.78 is 0. The van der Waals surface area contributed by atoms with Crippen LogP contribution in [0.4, 0.5) is 0 Å². The molecule has 1 saturated carbocycles. The van der Waals surface area contributed by atoms with E-state index in [0.717, 1.165) is 12.3 Å². The van der Waals surface area contributed by atoms with Crippen molar-refractivity contribution in [1.29, 1.82) is 0 Å². The van der Waals surface area contributed by atoms with Crippen LogP contribution in [-0.4, -0.2) is 11.7 Å². The SMILES string of the molecule is Cc1cccc(C(CCO)C2CC2)c1C. The maximum atomic E-state index is 9.13. The Balaban J connectivity index is 2.28. The van der Waals surface area contributed by atoms with Gasteiger partial charge >= 0.3 is 0 Å². The van der Waals surface area contributed by atoms with Gasteiger partial charge in [-0.25, -0.2) is 0 Å². The Kier molecular flexibility index (Phi) is 3.11. The highest BCUT2D eigenvalue weighted by Gasteiger charge is 2.32. The van der Waals surface area contributed by atoms with Crippen LogP contribution in [0.15, 0.2) is 18.2 Å². The quantitative estimate of drug-likeness (QED) is 0.798. The smallest absolute Gasteiger partial charge is 0.0436 e. The van der Waals surface area contributed by atoms with Crippen molar-refractivity contribution in [3.8, 4) is 0 Å². The molecule has 0 aromatic heterocycles. The zero-order chi connectivity index (χ0) is 10.8. The fourth-order valence-electron chi connectivity index (χ4n) is 2.46. The summed E-state index contributed by atoms with van der Waals surface area (Å²) in [6, 6.07) is 6.55. The summed E-state index contributed by atoms with van der Waals surface area (Å²) in [5, 5.41) is 9.13. The van der Waals surface area contributed by atoms with Crippen LogP contribution >= 0.6 is 0 Å². The summed E-state index contributed by atoms with van der Waals surface area (Å²) >= 11 is 0. The van der Waals surface area contributed by atoms with Gasteiger partial charge in [0, 0.05) is 6.61 Å². The maximum Gasteiger partial charge on any atom is 0.0436 e. The van der Waals surface area contributed by atoms with Crippen molar-refractivity contribution in [3.63, 3.8) is 0 Å². The molecule has 1 aliphatic rings. The van der Waals surface area contributed by atoms with E-state index in [1.54, 1.807) is 0 Å². The van der Waals surface area contributed by atoms with Crippen LogP contribution in [0.2, 0.25) is 0 Å². The van der Waals surface area contributed by atoms with Crippen LogP contribution in [0, 0.1) is 19.8 Å². The molecular formula is C14H20O. The Hall–Kier alpha value is -0.820. The summed E-state index contributed by atoms with van der Waals surface area (Å²) in [5.74, 6) is 1.42. The van der Waals surface area contributed by atoms with Gasteiger partial charge in [-0.2, -0.15) is 0 Å². The highest BCUT2D eigenvalue weighted by atomic mass is 16.3. The van der Waals surface area contributed by atoms with E-state index < -0.39 is 0 Å². The normalized spacial score (nSPS) is 17.8. The Labute approximate surface area is 92.1 Å². The zero-order valence-corrected chi connectivity index (χ0v) is 9.66. The topological polar surface area (TPSA) is 20.2 Å². The van der Waals surface area contributed by atoms with Crippen LogP contribution in [0.25, 0.3) is 0 Å². The van der Waals surface area contributed by atoms with Gasteiger partial charge in [0.2, 0.25) is 0 Å². The van der Waals surface area contributed by atoms with Gasteiger partial charge in [0.15, 0.2) is 0 Å². The lowest BCUT2D eigenvalue weighted by Gasteiger charge is -2.19. The third-order valence-electron chi connectivity index (χ3n) is 3.68. The molecule has 0 saturated heterocycles. The zero-order valence-electron chi connectivity index (χ0n) is 9.66. The molecule has 1 unspecified atom stereocenters. The second kappa shape index (κ2) is 4.36. The Morgan fingerprint density at radius 1 is 1.33 bits per heavy atom. The molecule has 1 aromatic carbocycles. The van der Waals surface area contributed by atoms with Crippen LogP contribution in [0.1, 0.15) is 41.9 Å². The van der Waals surface area contributed by atoms with E-state index in [9.17, 15) is 0 Å². The molecule has 0 heterocycles. The number of aliphatic hydroxyl groups is 1. The number of hydrogen-bond donors (Lipinski definition) is 1. The van der Waals surface area contributed by atoms with E-state index in [1.807, 2.05) is 0 Å². The van der Waals surface area contributed by atoms with Gasteiger partial charge in [0.25, 0.3) is 0 Å². The predicted molar refractivity (Wildman–Crippen MR) is 63.1 cm³/mol. The van der Waals surface area contributed by atoms with Crippen molar-refractivity contribution < 1.29 is 5.11 Å². The molecule has 2 rings (SSSR count). The number of aryl methyl sites for hydroxylation is 1. The minimum Gasteiger partial charge on any atom is -0.396 e. The molecule has 0 radical (unpaired) electrons. The number of benzene rings is 1. The lowest BCUT2D eigenvalue weighted by Crippen LogP contribution is -2.06. The highest BCUT2D eigenvalue weighted by molar-refractivity contribution is 5.36. The average Bonchev–Trinajstić information content (AvgIpc) is 3.03. The lowest BCUT2D eigenvalue weighted by atomic mass is 9.87. The van der Waals surface area contributed by atoms with Gasteiger partial charge < -0.3 is 5.11 Å². The molecule has 0 bridgehead atoms. The fraction of sp³-hybridized carbons (Fsp3) is 0.571. The van der Waals surface area contributed by atoms with Crippen LogP contribution in [0.5, 0.6) is 0 Å². The van der Waals surface area contributed by atoms with Crippen LogP contribution < -0.4 is 0 Å². The molecule has 0 spiro atoms. The number of rotatable bonds is 4. The molecule has 1 nitrogen and oxygen atoms in total. The average molecular weight is 204 g/mol. The van der Waals surface area contributed by atoms with E-state index in [4.69, 9.17) is 5.11 Å². The molecule has 0 amide bonds. The van der Waals surface area contributed by atoms with Gasteiger partial charge in [-0.15, -0.1) is 0 Å². The third-order valence-corrected chi connectivity index (χ3v) is 3.68. The summed E-state index contributed by atoms with van der Waals surface area (Å²) in [6.07, 6.45) is 3.62. The van der Waals surface area contributed by atoms with Gasteiger partial charge in [-0.3, -0.25) is 0 Å². The molecule has 1 heteroatoms. The number of aliphatic hydroxyl groups excluding tert-OH is 1. The summed E-state index contributed by atoms with van der Waals surface area (Å²) in [7, 11) is 0. The third kappa shape index (κ3) is 2.23. The molecule has 82 valence electrons. The monoisotopic (exact) mass is 204 g/mol. The van der Waals surface area contributed by atoms with E-state index in [0.29, 0.717) is 12.5 Å². The molecule has 1 aliphatic carbocycles. The van der Waals surface area contributed by atoms with Crippen molar-refractivity contribution >= 4 is 0 Å². The lowest BCUT2D eigenvalue weighted by molar-refractivity contribution is 0.269. The summed E-state index contributed by atoms with van der Waals surface area (Å²) in [6.45, 7) is 4.69. The number of hydrogen-bond acceptors (Lipinski definition) is 1. The van der Waals surface area contributed by atoms with Crippen molar-refractivity contribution in [1.82, 2.24) is 0 Å². The first-order valence-electron chi connectivity index (χ1n) is 5.91. The first kappa shape index (κ1) is 10.7. The van der Waals surface area contributed by atoms with Crippen molar-refractivity contribution in [2.45, 2.75) is 39.0 Å². The van der Waals surface area contributed by atoms with Gasteiger partial charge in [0.1, 0.15) is 0 Å². The molecule has 1 N–H and O–H groups in total. The van der Waals surface area contributed by atoms with Crippen LogP contribution in [-0.2, 0) is 0 Å². The van der Waals surface area contributed by atoms with E-state index in [-0.39, 0.29) is 0 Å². The second-order valence-corrected chi connectivity index (χ2v) is 4.75. The minimum atomic E-state index is 0.314. The summed E-state index contributed by atoms with van der Waals surface area (Å²) in [5.41, 5.74) is 4.26.